The van der Waals surface area contributed by atoms with Gasteiger partial charge in [-0.05, 0) is 62.9 Å². The Kier molecular flexibility index (Phi) is 7.91. The number of anilines is 1. The molecule has 1 fully saturated rings. The molecule has 44 heavy (non-hydrogen) atoms. The van der Waals surface area contributed by atoms with E-state index in [0.29, 0.717) is 46.5 Å². The summed E-state index contributed by atoms with van der Waals surface area (Å²) in [5.41, 5.74) is 4.41. The zero-order chi connectivity index (χ0) is 31.2. The standard InChI is InChI=1S/C33H36ClN7O3/c1-20-29(22-10-11-26(34)25(16-22)32(43)40-13-6-9-24(40)19-42)31-37-27(33(2,3)44)17-28(41(31)38-20)36-18-21-7-5-8-23(15-21)30-35-12-14-39(30)4/h5,7-8,10-12,14-17,24,36,42,44H,6,9,13,18-19H2,1-4H3/t24-/m1/s1. The van der Waals surface area contributed by atoms with E-state index >= 15 is 0 Å². The molecule has 0 saturated carbocycles. The van der Waals surface area contributed by atoms with Crippen molar-refractivity contribution in [3.05, 3.63) is 88.5 Å². The highest BCUT2D eigenvalue weighted by Crippen LogP contribution is 2.34. The second-order valence-electron chi connectivity index (χ2n) is 11.9. The summed E-state index contributed by atoms with van der Waals surface area (Å²) in [5.74, 6) is 1.34. The minimum atomic E-state index is -1.22. The number of nitrogens with one attached hydrogen (secondary N) is 1. The van der Waals surface area contributed by atoms with E-state index in [1.54, 1.807) is 41.6 Å². The Balaban J connectivity index is 1.39. The first kappa shape index (κ1) is 29.8. The Morgan fingerprint density at radius 1 is 1.16 bits per heavy atom. The predicted molar refractivity (Wildman–Crippen MR) is 171 cm³/mol. The first-order chi connectivity index (χ1) is 21.0. The summed E-state index contributed by atoms with van der Waals surface area (Å²) in [6, 6.07) is 15.1. The summed E-state index contributed by atoms with van der Waals surface area (Å²) >= 11 is 6.55. The van der Waals surface area contributed by atoms with Gasteiger partial charge in [0.25, 0.3) is 5.91 Å². The van der Waals surface area contributed by atoms with E-state index in [0.717, 1.165) is 40.9 Å². The zero-order valence-electron chi connectivity index (χ0n) is 25.3. The Bertz CT molecular complexity index is 1860. The molecule has 0 aliphatic carbocycles. The van der Waals surface area contributed by atoms with Crippen molar-refractivity contribution in [2.75, 3.05) is 18.5 Å². The van der Waals surface area contributed by atoms with Gasteiger partial charge in [0.15, 0.2) is 5.65 Å². The van der Waals surface area contributed by atoms with Crippen LogP contribution in [0.1, 0.15) is 54.0 Å². The van der Waals surface area contributed by atoms with Crippen LogP contribution in [0, 0.1) is 6.92 Å². The number of aromatic nitrogens is 5. The highest BCUT2D eigenvalue weighted by molar-refractivity contribution is 6.34. The zero-order valence-corrected chi connectivity index (χ0v) is 26.0. The number of benzene rings is 2. The summed E-state index contributed by atoms with van der Waals surface area (Å²) in [7, 11) is 1.97. The largest absolute Gasteiger partial charge is 0.394 e. The van der Waals surface area contributed by atoms with Crippen LogP contribution in [0.4, 0.5) is 5.82 Å². The van der Waals surface area contributed by atoms with E-state index < -0.39 is 5.60 Å². The molecule has 1 aliphatic rings. The van der Waals surface area contributed by atoms with Crippen molar-refractivity contribution in [2.24, 2.45) is 7.05 Å². The van der Waals surface area contributed by atoms with Crippen LogP contribution >= 0.6 is 11.6 Å². The van der Waals surface area contributed by atoms with Gasteiger partial charge in [0, 0.05) is 49.7 Å². The molecule has 1 atom stereocenters. The molecule has 1 aliphatic heterocycles. The number of carbonyl (C=O) groups is 1. The monoisotopic (exact) mass is 613 g/mol. The lowest BCUT2D eigenvalue weighted by molar-refractivity contribution is 0.0677. The number of hydrogen-bond donors (Lipinski definition) is 3. The van der Waals surface area contributed by atoms with Gasteiger partial charge in [-0.2, -0.15) is 9.61 Å². The predicted octanol–water partition coefficient (Wildman–Crippen LogP) is 5.20. The maximum Gasteiger partial charge on any atom is 0.255 e. The molecule has 0 spiro atoms. The molecule has 0 radical (unpaired) electrons. The number of nitrogens with zero attached hydrogens (tertiary/aromatic N) is 6. The molecule has 11 heteroatoms. The van der Waals surface area contributed by atoms with E-state index in [1.807, 2.05) is 55.1 Å². The highest BCUT2D eigenvalue weighted by atomic mass is 35.5. The molecule has 10 nitrogen and oxygen atoms in total. The third-order valence-electron chi connectivity index (χ3n) is 8.21. The molecular formula is C33H36ClN7O3. The normalized spacial score (nSPS) is 15.3. The van der Waals surface area contributed by atoms with Gasteiger partial charge >= 0.3 is 0 Å². The maximum absolute atomic E-state index is 13.5. The second kappa shape index (κ2) is 11.7. The van der Waals surface area contributed by atoms with Crippen LogP contribution < -0.4 is 5.32 Å². The fourth-order valence-corrected chi connectivity index (χ4v) is 6.05. The van der Waals surface area contributed by atoms with Crippen molar-refractivity contribution in [3.8, 4) is 22.5 Å². The lowest BCUT2D eigenvalue weighted by atomic mass is 10.0. The Labute approximate surface area is 261 Å². The number of rotatable bonds is 8. The number of halogens is 1. The Hall–Kier alpha value is -4.25. The smallest absolute Gasteiger partial charge is 0.255 e. The quantitative estimate of drug-likeness (QED) is 0.220. The number of imidazole rings is 1. The molecule has 1 amide bonds. The minimum absolute atomic E-state index is 0.0804. The van der Waals surface area contributed by atoms with Crippen LogP contribution in [0.3, 0.4) is 0 Å². The van der Waals surface area contributed by atoms with Crippen LogP contribution in [0.25, 0.3) is 28.2 Å². The Morgan fingerprint density at radius 3 is 2.70 bits per heavy atom. The minimum Gasteiger partial charge on any atom is -0.394 e. The van der Waals surface area contributed by atoms with E-state index in [2.05, 4.69) is 16.4 Å². The average molecular weight is 614 g/mol. The SMILES string of the molecule is Cc1nn2c(NCc3cccc(-c4nccn4C)c3)cc(C(C)(C)O)nc2c1-c1ccc(Cl)c(C(=O)N2CCC[C@@H]2CO)c1. The van der Waals surface area contributed by atoms with Gasteiger partial charge in [-0.15, -0.1) is 0 Å². The molecule has 0 bridgehead atoms. The van der Waals surface area contributed by atoms with Crippen molar-refractivity contribution in [2.45, 2.75) is 51.8 Å². The number of hydrogen-bond acceptors (Lipinski definition) is 7. The summed E-state index contributed by atoms with van der Waals surface area (Å²) in [6.45, 7) is 6.28. The van der Waals surface area contributed by atoms with Crippen LogP contribution in [0.2, 0.25) is 5.02 Å². The van der Waals surface area contributed by atoms with Crippen molar-refractivity contribution < 1.29 is 15.0 Å². The van der Waals surface area contributed by atoms with Crippen molar-refractivity contribution in [3.63, 3.8) is 0 Å². The molecule has 3 N–H and O–H groups in total. The lowest BCUT2D eigenvalue weighted by Gasteiger charge is -2.23. The molecule has 228 valence electrons. The Morgan fingerprint density at radius 2 is 1.98 bits per heavy atom. The molecule has 0 unspecified atom stereocenters. The average Bonchev–Trinajstić information content (AvgIpc) is 3.73. The number of likely N-dealkylation sites (tertiary alicyclic amines) is 1. The lowest BCUT2D eigenvalue weighted by Crippen LogP contribution is -2.37. The van der Waals surface area contributed by atoms with Gasteiger partial charge < -0.3 is 25.0 Å². The molecule has 5 aromatic rings. The summed E-state index contributed by atoms with van der Waals surface area (Å²) < 4.78 is 3.72. The van der Waals surface area contributed by atoms with E-state index in [1.165, 1.54) is 0 Å². The van der Waals surface area contributed by atoms with Crippen LogP contribution in [-0.2, 0) is 19.2 Å². The van der Waals surface area contributed by atoms with E-state index in [-0.39, 0.29) is 18.6 Å². The van der Waals surface area contributed by atoms with Crippen LogP contribution in [0.15, 0.2) is 60.9 Å². The number of fused-ring (bicyclic) bond motifs is 1. The van der Waals surface area contributed by atoms with Crippen molar-refractivity contribution >= 4 is 29.0 Å². The summed E-state index contributed by atoms with van der Waals surface area (Å²) in [5, 5.41) is 29.5. The van der Waals surface area contributed by atoms with Gasteiger partial charge in [-0.3, -0.25) is 4.79 Å². The van der Waals surface area contributed by atoms with Gasteiger partial charge in [0.2, 0.25) is 0 Å². The number of aliphatic hydroxyl groups excluding tert-OH is 1. The fourth-order valence-electron chi connectivity index (χ4n) is 5.85. The number of carbonyl (C=O) groups excluding carboxylic acids is 1. The summed E-state index contributed by atoms with van der Waals surface area (Å²) in [6.07, 6.45) is 5.30. The van der Waals surface area contributed by atoms with Gasteiger partial charge in [-0.25, -0.2) is 9.97 Å². The highest BCUT2D eigenvalue weighted by Gasteiger charge is 2.31. The van der Waals surface area contributed by atoms with Crippen LogP contribution in [0.5, 0.6) is 0 Å². The van der Waals surface area contributed by atoms with Gasteiger partial charge in [-0.1, -0.05) is 35.9 Å². The van der Waals surface area contributed by atoms with Crippen LogP contribution in [-0.4, -0.2) is 64.4 Å². The molecule has 1 saturated heterocycles. The molecule has 6 rings (SSSR count). The molecule has 2 aromatic carbocycles. The van der Waals surface area contributed by atoms with E-state index in [9.17, 15) is 15.0 Å². The van der Waals surface area contributed by atoms with Crippen molar-refractivity contribution in [1.82, 2.24) is 29.0 Å². The van der Waals surface area contributed by atoms with E-state index in [4.69, 9.17) is 21.7 Å². The van der Waals surface area contributed by atoms with Gasteiger partial charge in [0.1, 0.15) is 17.2 Å². The number of aryl methyl sites for hydroxylation is 2. The second-order valence-corrected chi connectivity index (χ2v) is 12.3. The number of aliphatic hydroxyl groups is 2. The fraction of sp³-hybridized carbons (Fsp3) is 0.333. The summed E-state index contributed by atoms with van der Waals surface area (Å²) in [4.78, 5) is 24.6. The topological polar surface area (TPSA) is 121 Å². The molecular weight excluding hydrogens is 578 g/mol. The molecule has 3 aromatic heterocycles. The number of amides is 1. The maximum atomic E-state index is 13.5. The third kappa shape index (κ3) is 5.56. The van der Waals surface area contributed by atoms with Gasteiger partial charge in [0.05, 0.1) is 34.6 Å². The first-order valence-corrected chi connectivity index (χ1v) is 15.1. The molecule has 4 heterocycles. The first-order valence-electron chi connectivity index (χ1n) is 14.7. The third-order valence-corrected chi connectivity index (χ3v) is 8.53. The van der Waals surface area contributed by atoms with Crippen molar-refractivity contribution in [1.29, 1.82) is 0 Å².